The number of rotatable bonds is 10. The van der Waals surface area contributed by atoms with E-state index in [1.54, 1.807) is 30.3 Å². The first-order chi connectivity index (χ1) is 13.8. The molecule has 2 aromatic carbocycles. The van der Waals surface area contributed by atoms with Gasteiger partial charge in [-0.1, -0.05) is 23.8 Å². The maximum absolute atomic E-state index is 12.3. The van der Waals surface area contributed by atoms with Gasteiger partial charge in [-0.05, 0) is 43.2 Å². The minimum atomic E-state index is -3.79. The molecule has 0 fully saturated rings. The van der Waals surface area contributed by atoms with Crippen molar-refractivity contribution in [2.75, 3.05) is 13.7 Å². The molecule has 0 heterocycles. The highest BCUT2D eigenvalue weighted by Crippen LogP contribution is 2.33. The van der Waals surface area contributed by atoms with Gasteiger partial charge in [0.15, 0.2) is 18.1 Å². The van der Waals surface area contributed by atoms with Crippen molar-refractivity contribution in [3.05, 3.63) is 65.7 Å². The number of carboxylic acid groups (broad SMARTS) is 1. The summed E-state index contributed by atoms with van der Waals surface area (Å²) in [5, 5.41) is 12.7. The molecule has 0 aliphatic carbocycles. The lowest BCUT2D eigenvalue weighted by atomic mass is 10.1. The minimum Gasteiger partial charge on any atom is -0.493 e. The van der Waals surface area contributed by atoms with E-state index >= 15 is 0 Å². The smallest absolute Gasteiger partial charge is 0.341 e. The zero-order valence-electron chi connectivity index (χ0n) is 16.1. The van der Waals surface area contributed by atoms with Crippen molar-refractivity contribution in [3.63, 3.8) is 0 Å². The number of aliphatic carboxylic acids is 1. The quantitative estimate of drug-likeness (QED) is 0.348. The zero-order chi connectivity index (χ0) is 21.4. The van der Waals surface area contributed by atoms with E-state index in [9.17, 15) is 13.2 Å². The van der Waals surface area contributed by atoms with Crippen LogP contribution in [0.15, 0.2) is 59.1 Å². The van der Waals surface area contributed by atoms with E-state index in [2.05, 4.69) is 16.5 Å². The van der Waals surface area contributed by atoms with Crippen molar-refractivity contribution in [3.8, 4) is 11.5 Å². The maximum Gasteiger partial charge on any atom is 0.341 e. The summed E-state index contributed by atoms with van der Waals surface area (Å²) in [5.41, 5.74) is 2.11. The highest BCUT2D eigenvalue weighted by atomic mass is 32.2. The zero-order valence-corrected chi connectivity index (χ0v) is 16.9. The van der Waals surface area contributed by atoms with Crippen molar-refractivity contribution in [1.29, 1.82) is 0 Å². The van der Waals surface area contributed by atoms with Gasteiger partial charge in [-0.15, -0.1) is 6.58 Å². The fraction of sp³-hybridized carbons (Fsp3) is 0.200. The van der Waals surface area contributed by atoms with Crippen LogP contribution in [0.4, 0.5) is 0 Å². The number of hydrogen-bond acceptors (Lipinski definition) is 6. The molecule has 0 aliphatic heterocycles. The Morgan fingerprint density at radius 2 is 1.97 bits per heavy atom. The Kier molecular flexibility index (Phi) is 7.38. The summed E-state index contributed by atoms with van der Waals surface area (Å²) >= 11 is 0. The third kappa shape index (κ3) is 6.08. The third-order valence-electron chi connectivity index (χ3n) is 3.80. The number of aryl methyl sites for hydroxylation is 1. The van der Waals surface area contributed by atoms with Crippen LogP contribution in [0.25, 0.3) is 0 Å². The number of hydrazone groups is 1. The van der Waals surface area contributed by atoms with Crippen molar-refractivity contribution in [2.24, 2.45) is 5.10 Å². The summed E-state index contributed by atoms with van der Waals surface area (Å²) in [4.78, 5) is 13.1. The molecule has 2 N–H and O–H groups in total. The summed E-state index contributed by atoms with van der Waals surface area (Å²) in [6.07, 6.45) is 3.34. The van der Waals surface area contributed by atoms with Crippen molar-refractivity contribution < 1.29 is 27.8 Å². The first-order valence-electron chi connectivity index (χ1n) is 8.54. The monoisotopic (exact) mass is 418 g/mol. The van der Waals surface area contributed by atoms with Crippen LogP contribution in [0.5, 0.6) is 11.5 Å². The van der Waals surface area contributed by atoms with Gasteiger partial charge in [0, 0.05) is 5.56 Å². The number of ether oxygens (including phenoxy) is 2. The third-order valence-corrected chi connectivity index (χ3v) is 5.03. The number of nitrogens with one attached hydrogen (secondary N) is 1. The minimum absolute atomic E-state index is 0.0996. The molecule has 0 atom stereocenters. The summed E-state index contributed by atoms with van der Waals surface area (Å²) < 4.78 is 35.2. The van der Waals surface area contributed by atoms with Crippen LogP contribution in [0.2, 0.25) is 0 Å². The molecule has 8 nitrogen and oxygen atoms in total. The predicted octanol–water partition coefficient (Wildman–Crippen LogP) is 2.51. The molecule has 154 valence electrons. The largest absolute Gasteiger partial charge is 0.493 e. The van der Waals surface area contributed by atoms with Crippen LogP contribution in [0.1, 0.15) is 16.7 Å². The van der Waals surface area contributed by atoms with E-state index < -0.39 is 22.6 Å². The number of allylic oxidation sites excluding steroid dienone is 1. The number of carboxylic acids is 1. The van der Waals surface area contributed by atoms with E-state index in [0.717, 1.165) is 5.56 Å². The summed E-state index contributed by atoms with van der Waals surface area (Å²) in [7, 11) is -2.38. The second-order valence-electron chi connectivity index (χ2n) is 6.05. The number of carbonyl (C=O) groups is 1. The summed E-state index contributed by atoms with van der Waals surface area (Å²) in [6.45, 7) is 5.01. The Morgan fingerprint density at radius 1 is 1.28 bits per heavy atom. The molecule has 29 heavy (non-hydrogen) atoms. The molecule has 0 saturated carbocycles. The number of sulfonamides is 1. The second-order valence-corrected chi connectivity index (χ2v) is 7.71. The standard InChI is InChI=1S/C20H22N2O6S/c1-4-5-16-10-15(11-18(27-3)20(16)28-13-19(23)24)12-21-22-29(25,26)17-8-6-14(2)7-9-17/h4,6-12,22H,1,5,13H2,2-3H3,(H,23,24)/b21-12-. The molecule has 0 unspecified atom stereocenters. The molecular weight excluding hydrogens is 396 g/mol. The first-order valence-corrected chi connectivity index (χ1v) is 10.0. The van der Waals surface area contributed by atoms with Crippen LogP contribution in [-0.4, -0.2) is 39.4 Å². The Bertz CT molecular complexity index is 1010. The number of nitrogens with zero attached hydrogens (tertiary/aromatic N) is 1. The Balaban J connectivity index is 2.27. The first kappa shape index (κ1) is 22.0. The molecule has 0 aliphatic rings. The topological polar surface area (TPSA) is 114 Å². The van der Waals surface area contributed by atoms with Crippen molar-refractivity contribution in [1.82, 2.24) is 4.83 Å². The van der Waals surface area contributed by atoms with Crippen LogP contribution in [0.3, 0.4) is 0 Å². The Labute approximate surface area is 169 Å². The van der Waals surface area contributed by atoms with Gasteiger partial charge in [0.05, 0.1) is 18.2 Å². The van der Waals surface area contributed by atoms with Gasteiger partial charge in [-0.25, -0.2) is 9.63 Å². The molecule has 2 aromatic rings. The lowest BCUT2D eigenvalue weighted by Crippen LogP contribution is -2.18. The van der Waals surface area contributed by atoms with Gasteiger partial charge in [-0.3, -0.25) is 0 Å². The fourth-order valence-corrected chi connectivity index (χ4v) is 3.25. The Hall–Kier alpha value is -3.33. The van der Waals surface area contributed by atoms with Gasteiger partial charge in [0.2, 0.25) is 0 Å². The maximum atomic E-state index is 12.3. The lowest BCUT2D eigenvalue weighted by molar-refractivity contribution is -0.139. The highest BCUT2D eigenvalue weighted by Gasteiger charge is 2.15. The number of benzene rings is 2. The second kappa shape index (κ2) is 9.74. The van der Waals surface area contributed by atoms with Gasteiger partial charge >= 0.3 is 5.97 Å². The lowest BCUT2D eigenvalue weighted by Gasteiger charge is -2.14. The van der Waals surface area contributed by atoms with Gasteiger partial charge in [0.1, 0.15) is 0 Å². The van der Waals surface area contributed by atoms with E-state index in [-0.39, 0.29) is 10.6 Å². The van der Waals surface area contributed by atoms with E-state index in [1.165, 1.54) is 25.5 Å². The van der Waals surface area contributed by atoms with Gasteiger partial charge in [0.25, 0.3) is 10.0 Å². The molecule has 0 bridgehead atoms. The van der Waals surface area contributed by atoms with Gasteiger partial charge < -0.3 is 14.6 Å². The van der Waals surface area contributed by atoms with Crippen LogP contribution in [-0.2, 0) is 21.2 Å². The molecule has 0 aromatic heterocycles. The predicted molar refractivity (Wildman–Crippen MR) is 109 cm³/mol. The molecule has 0 saturated heterocycles. The number of hydrogen-bond donors (Lipinski definition) is 2. The van der Waals surface area contributed by atoms with Crippen molar-refractivity contribution in [2.45, 2.75) is 18.2 Å². The van der Waals surface area contributed by atoms with Crippen LogP contribution < -0.4 is 14.3 Å². The van der Waals surface area contributed by atoms with E-state index in [1.807, 2.05) is 6.92 Å². The van der Waals surface area contributed by atoms with E-state index in [0.29, 0.717) is 23.3 Å². The normalized spacial score (nSPS) is 11.2. The molecule has 2 rings (SSSR count). The molecule has 0 radical (unpaired) electrons. The SMILES string of the molecule is C=CCc1cc(/C=N\NS(=O)(=O)c2ccc(C)cc2)cc(OC)c1OCC(=O)O. The van der Waals surface area contributed by atoms with Crippen LogP contribution in [0, 0.1) is 6.92 Å². The fourth-order valence-electron chi connectivity index (χ4n) is 2.45. The molecule has 0 amide bonds. The highest BCUT2D eigenvalue weighted by molar-refractivity contribution is 7.89. The van der Waals surface area contributed by atoms with E-state index in [4.69, 9.17) is 14.6 Å². The number of methoxy groups -OCH3 is 1. The molecule has 0 spiro atoms. The average Bonchev–Trinajstić information content (AvgIpc) is 2.67. The average molecular weight is 418 g/mol. The summed E-state index contributed by atoms with van der Waals surface area (Å²) in [6, 6.07) is 9.62. The van der Waals surface area contributed by atoms with Crippen molar-refractivity contribution >= 4 is 22.2 Å². The molecule has 9 heteroatoms. The summed E-state index contributed by atoms with van der Waals surface area (Å²) in [5.74, 6) is -0.534. The van der Waals surface area contributed by atoms with Gasteiger partial charge in [-0.2, -0.15) is 13.5 Å². The van der Waals surface area contributed by atoms with Crippen LogP contribution >= 0.6 is 0 Å². The Morgan fingerprint density at radius 3 is 2.55 bits per heavy atom. The molecular formula is C20H22N2O6S.